The molecule has 0 atom stereocenters. The lowest BCUT2D eigenvalue weighted by atomic mass is 10.3. The van der Waals surface area contributed by atoms with E-state index in [9.17, 15) is 9.59 Å². The number of carbonyl (C=O) groups is 2. The van der Waals surface area contributed by atoms with Gasteiger partial charge in [0.1, 0.15) is 12.6 Å². The number of rotatable bonds is 1. The number of esters is 2. The van der Waals surface area contributed by atoms with Crippen molar-refractivity contribution in [3.05, 3.63) is 24.0 Å². The summed E-state index contributed by atoms with van der Waals surface area (Å²) in [5, 5.41) is 7.14. The molecule has 1 aliphatic heterocycles. The van der Waals surface area contributed by atoms with Crippen molar-refractivity contribution in [1.82, 2.24) is 15.2 Å². The van der Waals surface area contributed by atoms with E-state index in [2.05, 4.69) is 19.9 Å². The first-order chi connectivity index (χ1) is 7.18. The zero-order chi connectivity index (χ0) is 10.8. The fourth-order valence-electron chi connectivity index (χ4n) is 1.00. The standard InChI is InChI=1S/C8H5N3O4/c1-4(12)14-2-5-6-7(8(13)15-5)9-3-10-11-6/h2-3H,1H3. The van der Waals surface area contributed by atoms with Crippen LogP contribution in [-0.2, 0) is 14.3 Å². The lowest BCUT2D eigenvalue weighted by Gasteiger charge is -1.95. The summed E-state index contributed by atoms with van der Waals surface area (Å²) in [7, 11) is 0. The number of nitrogens with zero attached hydrogens (tertiary/aromatic N) is 3. The maximum absolute atomic E-state index is 11.2. The summed E-state index contributed by atoms with van der Waals surface area (Å²) in [6.07, 6.45) is 2.14. The summed E-state index contributed by atoms with van der Waals surface area (Å²) in [6, 6.07) is 0. The summed E-state index contributed by atoms with van der Waals surface area (Å²) < 4.78 is 9.32. The highest BCUT2D eigenvalue weighted by Crippen LogP contribution is 2.24. The molecule has 1 aromatic heterocycles. The molecular weight excluding hydrogens is 202 g/mol. The highest BCUT2D eigenvalue weighted by atomic mass is 16.6. The average Bonchev–Trinajstić information content (AvgIpc) is 2.54. The van der Waals surface area contributed by atoms with Gasteiger partial charge in [-0.15, -0.1) is 10.2 Å². The van der Waals surface area contributed by atoms with Crippen molar-refractivity contribution in [2.45, 2.75) is 6.92 Å². The van der Waals surface area contributed by atoms with Gasteiger partial charge in [0, 0.05) is 6.92 Å². The summed E-state index contributed by atoms with van der Waals surface area (Å²) >= 11 is 0. The monoisotopic (exact) mass is 207 g/mol. The highest BCUT2D eigenvalue weighted by molar-refractivity contribution is 6.00. The molecule has 0 saturated carbocycles. The zero-order valence-corrected chi connectivity index (χ0v) is 7.63. The van der Waals surface area contributed by atoms with Crippen LogP contribution < -0.4 is 0 Å². The van der Waals surface area contributed by atoms with E-state index in [1.165, 1.54) is 6.92 Å². The van der Waals surface area contributed by atoms with Crippen LogP contribution in [0.1, 0.15) is 23.1 Å². The largest absolute Gasteiger partial charge is 0.431 e. The molecule has 0 radical (unpaired) electrons. The molecule has 0 bridgehead atoms. The molecule has 0 N–H and O–H groups in total. The molecular formula is C8H5N3O4. The van der Waals surface area contributed by atoms with Crippen molar-refractivity contribution in [2.24, 2.45) is 0 Å². The van der Waals surface area contributed by atoms with Crippen LogP contribution in [-0.4, -0.2) is 27.1 Å². The average molecular weight is 207 g/mol. The smallest absolute Gasteiger partial charge is 0.365 e. The van der Waals surface area contributed by atoms with Gasteiger partial charge in [-0.3, -0.25) is 4.79 Å². The molecule has 1 aromatic rings. The van der Waals surface area contributed by atoms with Crippen molar-refractivity contribution >= 4 is 17.7 Å². The van der Waals surface area contributed by atoms with E-state index >= 15 is 0 Å². The van der Waals surface area contributed by atoms with Crippen molar-refractivity contribution in [2.75, 3.05) is 0 Å². The van der Waals surface area contributed by atoms with Gasteiger partial charge in [-0.1, -0.05) is 0 Å². The lowest BCUT2D eigenvalue weighted by Crippen LogP contribution is -1.98. The Morgan fingerprint density at radius 2 is 2.33 bits per heavy atom. The molecule has 0 spiro atoms. The Balaban J connectivity index is 2.36. The Labute approximate surface area is 83.7 Å². The molecule has 0 saturated heterocycles. The van der Waals surface area contributed by atoms with Gasteiger partial charge in [-0.25, -0.2) is 9.78 Å². The molecule has 1 aliphatic rings. The number of aromatic nitrogens is 3. The van der Waals surface area contributed by atoms with Gasteiger partial charge in [0.15, 0.2) is 17.1 Å². The van der Waals surface area contributed by atoms with Crippen molar-refractivity contribution in [3.63, 3.8) is 0 Å². The molecule has 2 heterocycles. The number of carbonyl (C=O) groups excluding carboxylic acids is 2. The van der Waals surface area contributed by atoms with Crippen LogP contribution in [0.3, 0.4) is 0 Å². The van der Waals surface area contributed by atoms with E-state index in [4.69, 9.17) is 4.74 Å². The number of cyclic esters (lactones) is 1. The summed E-state index contributed by atoms with van der Waals surface area (Å²) in [5.41, 5.74) is 0.229. The SMILES string of the molecule is CC(=O)OC=C1OC(=O)c2ncnnc21. The summed E-state index contributed by atoms with van der Waals surface area (Å²) in [5.74, 6) is -1.13. The van der Waals surface area contributed by atoms with Crippen LogP contribution in [0.15, 0.2) is 12.6 Å². The molecule has 2 rings (SSSR count). The molecule has 0 unspecified atom stereocenters. The third-order valence-corrected chi connectivity index (χ3v) is 1.58. The summed E-state index contributed by atoms with van der Waals surface area (Å²) in [6.45, 7) is 1.23. The van der Waals surface area contributed by atoms with Gasteiger partial charge in [0.25, 0.3) is 0 Å². The van der Waals surface area contributed by atoms with Gasteiger partial charge in [0.2, 0.25) is 0 Å². The van der Waals surface area contributed by atoms with Crippen molar-refractivity contribution in [1.29, 1.82) is 0 Å². The van der Waals surface area contributed by atoms with Gasteiger partial charge >= 0.3 is 11.9 Å². The second kappa shape index (κ2) is 3.45. The van der Waals surface area contributed by atoms with E-state index < -0.39 is 11.9 Å². The normalized spacial score (nSPS) is 16.1. The lowest BCUT2D eigenvalue weighted by molar-refractivity contribution is -0.135. The molecule has 0 aliphatic carbocycles. The second-order valence-electron chi connectivity index (χ2n) is 2.64. The minimum Gasteiger partial charge on any atom is -0.431 e. The van der Waals surface area contributed by atoms with Crippen molar-refractivity contribution in [3.8, 4) is 0 Å². The van der Waals surface area contributed by atoms with Gasteiger partial charge < -0.3 is 9.47 Å². The van der Waals surface area contributed by atoms with E-state index in [1.807, 2.05) is 0 Å². The molecule has 0 fully saturated rings. The first-order valence-electron chi connectivity index (χ1n) is 3.96. The molecule has 76 valence electrons. The predicted octanol–water partition coefficient (Wildman–Crippen LogP) is -0.0965. The van der Waals surface area contributed by atoms with Crippen LogP contribution in [0, 0.1) is 0 Å². The predicted molar refractivity (Wildman–Crippen MR) is 45.0 cm³/mol. The Morgan fingerprint density at radius 1 is 1.53 bits per heavy atom. The maximum Gasteiger partial charge on any atom is 0.365 e. The third kappa shape index (κ3) is 1.66. The topological polar surface area (TPSA) is 91.3 Å². The minimum absolute atomic E-state index is 0.0331. The van der Waals surface area contributed by atoms with E-state index in [0.717, 1.165) is 12.6 Å². The Kier molecular flexibility index (Phi) is 2.13. The van der Waals surface area contributed by atoms with Crippen LogP contribution in [0.25, 0.3) is 5.76 Å². The van der Waals surface area contributed by atoms with Crippen molar-refractivity contribution < 1.29 is 19.1 Å². The number of hydrogen-bond acceptors (Lipinski definition) is 7. The van der Waals surface area contributed by atoms with Gasteiger partial charge in [-0.05, 0) is 0 Å². The number of fused-ring (bicyclic) bond motifs is 1. The minimum atomic E-state index is -0.640. The molecule has 0 aromatic carbocycles. The number of ether oxygens (including phenoxy) is 2. The molecule has 0 amide bonds. The summed E-state index contributed by atoms with van der Waals surface area (Å²) in [4.78, 5) is 25.4. The van der Waals surface area contributed by atoms with E-state index in [1.54, 1.807) is 0 Å². The van der Waals surface area contributed by atoms with Crippen LogP contribution in [0.5, 0.6) is 0 Å². The van der Waals surface area contributed by atoms with Gasteiger partial charge in [0.05, 0.1) is 0 Å². The Bertz CT molecular complexity index is 469. The zero-order valence-electron chi connectivity index (χ0n) is 7.63. The Hall–Kier alpha value is -2.31. The van der Waals surface area contributed by atoms with Crippen LogP contribution >= 0.6 is 0 Å². The first-order valence-corrected chi connectivity index (χ1v) is 3.96. The van der Waals surface area contributed by atoms with Crippen LogP contribution in [0.4, 0.5) is 0 Å². The highest BCUT2D eigenvalue weighted by Gasteiger charge is 2.30. The fourth-order valence-corrected chi connectivity index (χ4v) is 1.00. The fraction of sp³-hybridized carbons (Fsp3) is 0.125. The quantitative estimate of drug-likeness (QED) is 0.469. The number of hydrogen-bond donors (Lipinski definition) is 0. The molecule has 7 nitrogen and oxygen atoms in total. The second-order valence-corrected chi connectivity index (χ2v) is 2.64. The third-order valence-electron chi connectivity index (χ3n) is 1.58. The van der Waals surface area contributed by atoms with Crippen LogP contribution in [0.2, 0.25) is 0 Å². The van der Waals surface area contributed by atoms with Gasteiger partial charge in [-0.2, -0.15) is 0 Å². The van der Waals surface area contributed by atoms with E-state index in [0.29, 0.717) is 0 Å². The maximum atomic E-state index is 11.2. The molecule has 7 heteroatoms. The first kappa shape index (κ1) is 9.25. The molecule has 15 heavy (non-hydrogen) atoms. The van der Waals surface area contributed by atoms with E-state index in [-0.39, 0.29) is 17.1 Å². The Morgan fingerprint density at radius 3 is 3.07 bits per heavy atom.